The minimum absolute atomic E-state index is 0.110. The van der Waals surface area contributed by atoms with E-state index >= 15 is 0 Å². The molecule has 4 atom stereocenters. The highest BCUT2D eigenvalue weighted by atomic mass is 35.5. The summed E-state index contributed by atoms with van der Waals surface area (Å²) in [5, 5.41) is 12.0. The van der Waals surface area contributed by atoms with Gasteiger partial charge in [-0.1, -0.05) is 37.4 Å². The van der Waals surface area contributed by atoms with Gasteiger partial charge in [0.25, 0.3) is 5.91 Å². The number of aliphatic hydroxyl groups excluding tert-OH is 1. The summed E-state index contributed by atoms with van der Waals surface area (Å²) < 4.78 is 34.1. The summed E-state index contributed by atoms with van der Waals surface area (Å²) in [6, 6.07) is 11.4. The topological polar surface area (TPSA) is 95.9 Å². The molecule has 216 valence electrons. The number of hydrogen-bond donors (Lipinski definition) is 2. The Balaban J connectivity index is 1.42. The molecule has 2 aliphatic heterocycles. The number of fused-ring (bicyclic) bond motifs is 4. The van der Waals surface area contributed by atoms with E-state index in [-0.39, 0.29) is 16.6 Å². The Morgan fingerprint density at radius 2 is 1.93 bits per heavy atom. The number of aliphatic hydroxyl groups is 1. The second-order valence-electron chi connectivity index (χ2n) is 12.6. The number of nitrogens with one attached hydrogen (secondary N) is 1. The maximum atomic E-state index is 13.1. The van der Waals surface area contributed by atoms with Gasteiger partial charge >= 0.3 is 0 Å². The van der Waals surface area contributed by atoms with Crippen LogP contribution in [0.25, 0.3) is 0 Å². The first kappa shape index (κ1) is 27.9. The number of rotatable bonds is 0. The molecule has 0 unspecified atom stereocenters. The van der Waals surface area contributed by atoms with Gasteiger partial charge in [0, 0.05) is 29.1 Å². The van der Waals surface area contributed by atoms with Crippen LogP contribution in [0.15, 0.2) is 36.4 Å². The number of anilines is 1. The SMILES string of the molecule is C[C@]12CC[C@@H]1CN1C[C@@]3(CCCc4cc(Cl)ccc43)COc3ccc(cc31)C(=O)NS(=O)(=O)CCCCC[C@@H]2O. The third-order valence-corrected chi connectivity index (χ3v) is 11.7. The lowest BCUT2D eigenvalue weighted by atomic mass is 9.57. The van der Waals surface area contributed by atoms with Gasteiger partial charge in [0.05, 0.1) is 24.2 Å². The Bertz CT molecular complexity index is 1410. The zero-order valence-corrected chi connectivity index (χ0v) is 24.7. The minimum atomic E-state index is -3.76. The average Bonchev–Trinajstić information content (AvgIpc) is 3.06. The van der Waals surface area contributed by atoms with Gasteiger partial charge in [0.2, 0.25) is 10.0 Å². The normalized spacial score (nSPS) is 32.1. The van der Waals surface area contributed by atoms with E-state index in [9.17, 15) is 18.3 Å². The van der Waals surface area contributed by atoms with Crippen molar-refractivity contribution in [1.82, 2.24) is 4.72 Å². The lowest BCUT2D eigenvalue weighted by Crippen LogP contribution is -2.54. The molecule has 2 aromatic rings. The summed E-state index contributed by atoms with van der Waals surface area (Å²) in [4.78, 5) is 15.5. The number of hydrogen-bond acceptors (Lipinski definition) is 6. The van der Waals surface area contributed by atoms with Crippen molar-refractivity contribution in [3.63, 3.8) is 0 Å². The Morgan fingerprint density at radius 1 is 1.07 bits per heavy atom. The summed E-state index contributed by atoms with van der Waals surface area (Å²) in [6.45, 7) is 4.15. The second-order valence-corrected chi connectivity index (χ2v) is 14.9. The molecule has 2 heterocycles. The first-order chi connectivity index (χ1) is 19.1. The molecule has 4 aliphatic rings. The maximum absolute atomic E-state index is 13.1. The van der Waals surface area contributed by atoms with Crippen molar-refractivity contribution in [1.29, 1.82) is 0 Å². The zero-order chi connectivity index (χ0) is 28.1. The number of halogens is 1. The van der Waals surface area contributed by atoms with E-state index in [1.807, 2.05) is 6.07 Å². The molecule has 2 aromatic carbocycles. The quantitative estimate of drug-likeness (QED) is 0.439. The van der Waals surface area contributed by atoms with Gasteiger partial charge in [-0.05, 0) is 97.7 Å². The van der Waals surface area contributed by atoms with Crippen LogP contribution in [0.1, 0.15) is 79.8 Å². The molecule has 2 bridgehead atoms. The lowest BCUT2D eigenvalue weighted by Gasteiger charge is -2.53. The standard InChI is InChI=1S/C31H39ClN2O5S/c1-30-14-12-23(30)18-34-19-31(13-5-6-21-16-24(32)9-10-25(21)31)20-39-27-11-8-22(17-26(27)34)29(36)33-40(37,38)15-4-2-3-7-28(30)35/h8-11,16-17,23,28,35H,2-7,12-15,18-20H2,1H3,(H,33,36)/t23-,28+,30+,31+/m1/s1. The number of sulfonamides is 1. The number of benzene rings is 2. The Hall–Kier alpha value is -2.29. The Morgan fingerprint density at radius 3 is 2.73 bits per heavy atom. The summed E-state index contributed by atoms with van der Waals surface area (Å²) in [5.74, 6) is 0.265. The molecule has 2 N–H and O–H groups in total. The molecule has 1 saturated carbocycles. The van der Waals surface area contributed by atoms with Crippen LogP contribution in [0, 0.1) is 11.3 Å². The van der Waals surface area contributed by atoms with Gasteiger partial charge in [-0.2, -0.15) is 0 Å². The molecular formula is C31H39ClN2O5S. The fraction of sp³-hybridized carbons (Fsp3) is 0.581. The van der Waals surface area contributed by atoms with Crippen molar-refractivity contribution in [3.8, 4) is 5.75 Å². The first-order valence-corrected chi connectivity index (χ1v) is 16.7. The first-order valence-electron chi connectivity index (χ1n) is 14.6. The van der Waals surface area contributed by atoms with Crippen molar-refractivity contribution in [2.75, 3.05) is 30.3 Å². The number of aryl methyl sites for hydroxylation is 1. The molecule has 1 fully saturated rings. The zero-order valence-electron chi connectivity index (χ0n) is 23.1. The van der Waals surface area contributed by atoms with E-state index in [1.165, 1.54) is 11.1 Å². The molecule has 2 aliphatic carbocycles. The smallest absolute Gasteiger partial charge is 0.264 e. The van der Waals surface area contributed by atoms with Crippen molar-refractivity contribution in [2.45, 2.75) is 76.2 Å². The van der Waals surface area contributed by atoms with Crippen LogP contribution in [0.5, 0.6) is 5.75 Å². The van der Waals surface area contributed by atoms with Gasteiger partial charge in [-0.25, -0.2) is 13.1 Å². The number of carbonyl (C=O) groups is 1. The molecule has 0 saturated heterocycles. The van der Waals surface area contributed by atoms with E-state index in [0.29, 0.717) is 49.6 Å². The van der Waals surface area contributed by atoms with Crippen LogP contribution in [0.4, 0.5) is 5.69 Å². The van der Waals surface area contributed by atoms with E-state index in [0.717, 1.165) is 55.8 Å². The molecular weight excluding hydrogens is 548 g/mol. The van der Waals surface area contributed by atoms with Crippen molar-refractivity contribution in [2.24, 2.45) is 11.3 Å². The maximum Gasteiger partial charge on any atom is 0.264 e. The fourth-order valence-electron chi connectivity index (χ4n) is 7.45. The van der Waals surface area contributed by atoms with Crippen LogP contribution >= 0.6 is 11.6 Å². The van der Waals surface area contributed by atoms with Gasteiger partial charge < -0.3 is 14.7 Å². The summed E-state index contributed by atoms with van der Waals surface area (Å²) in [7, 11) is -3.76. The fourth-order valence-corrected chi connectivity index (χ4v) is 8.73. The van der Waals surface area contributed by atoms with Crippen LogP contribution < -0.4 is 14.4 Å². The number of carbonyl (C=O) groups excluding carboxylic acids is 1. The van der Waals surface area contributed by atoms with Gasteiger partial charge in [0.1, 0.15) is 5.75 Å². The van der Waals surface area contributed by atoms with Crippen molar-refractivity contribution >= 4 is 33.2 Å². The van der Waals surface area contributed by atoms with Gasteiger partial charge in [-0.3, -0.25) is 4.79 Å². The van der Waals surface area contributed by atoms with Crippen LogP contribution in [-0.2, 0) is 21.9 Å². The number of amides is 1. The molecule has 9 heteroatoms. The van der Waals surface area contributed by atoms with E-state index in [4.69, 9.17) is 16.3 Å². The van der Waals surface area contributed by atoms with Gasteiger partial charge in [0.15, 0.2) is 0 Å². The van der Waals surface area contributed by atoms with E-state index < -0.39 is 22.0 Å². The molecule has 6 rings (SSSR count). The van der Waals surface area contributed by atoms with Crippen molar-refractivity contribution < 1.29 is 23.1 Å². The van der Waals surface area contributed by atoms with Crippen LogP contribution in [0.3, 0.4) is 0 Å². The third kappa shape index (κ3) is 5.12. The molecule has 1 amide bonds. The van der Waals surface area contributed by atoms with E-state index in [1.54, 1.807) is 18.2 Å². The average molecular weight is 587 g/mol. The van der Waals surface area contributed by atoms with Gasteiger partial charge in [-0.15, -0.1) is 0 Å². The lowest BCUT2D eigenvalue weighted by molar-refractivity contribution is -0.0757. The van der Waals surface area contributed by atoms with E-state index in [2.05, 4.69) is 28.7 Å². The van der Waals surface area contributed by atoms with Crippen LogP contribution in [-0.4, -0.2) is 51.0 Å². The predicted octanol–water partition coefficient (Wildman–Crippen LogP) is 5.22. The Labute approximate surface area is 242 Å². The highest BCUT2D eigenvalue weighted by Gasteiger charge is 2.49. The summed E-state index contributed by atoms with van der Waals surface area (Å²) in [6.07, 6.45) is 7.13. The molecule has 40 heavy (non-hydrogen) atoms. The summed E-state index contributed by atoms with van der Waals surface area (Å²) >= 11 is 6.38. The summed E-state index contributed by atoms with van der Waals surface area (Å²) in [5.41, 5.74) is 3.18. The number of nitrogens with zero attached hydrogens (tertiary/aromatic N) is 1. The highest BCUT2D eigenvalue weighted by molar-refractivity contribution is 7.90. The van der Waals surface area contributed by atoms with Crippen LogP contribution in [0.2, 0.25) is 5.02 Å². The largest absolute Gasteiger partial charge is 0.490 e. The molecule has 0 aromatic heterocycles. The minimum Gasteiger partial charge on any atom is -0.490 e. The predicted molar refractivity (Wildman–Crippen MR) is 157 cm³/mol. The molecule has 0 radical (unpaired) electrons. The monoisotopic (exact) mass is 586 g/mol. The highest BCUT2D eigenvalue weighted by Crippen LogP contribution is 2.52. The third-order valence-electron chi connectivity index (χ3n) is 10.1. The number of ether oxygens (including phenoxy) is 1. The second kappa shape index (κ2) is 10.5. The molecule has 1 spiro atoms. The Kier molecular flexibility index (Phi) is 7.33. The molecule has 7 nitrogen and oxygen atoms in total. The van der Waals surface area contributed by atoms with Crippen molar-refractivity contribution in [3.05, 3.63) is 58.1 Å².